The zero-order chi connectivity index (χ0) is 13.8. The lowest BCUT2D eigenvalue weighted by molar-refractivity contribution is -0.147. The van der Waals surface area contributed by atoms with Gasteiger partial charge in [0.05, 0.1) is 12.5 Å². The van der Waals surface area contributed by atoms with Gasteiger partial charge in [0.25, 0.3) is 0 Å². The van der Waals surface area contributed by atoms with Crippen molar-refractivity contribution in [2.45, 2.75) is 39.3 Å². The number of nitrogens with two attached hydrogens (primary N) is 1. The number of esters is 1. The van der Waals surface area contributed by atoms with Crippen LogP contribution >= 0.6 is 0 Å². The van der Waals surface area contributed by atoms with E-state index in [-0.39, 0.29) is 12.1 Å². The molecule has 1 heterocycles. The molecule has 0 radical (unpaired) electrons. The highest BCUT2D eigenvalue weighted by molar-refractivity contribution is 5.69. The van der Waals surface area contributed by atoms with Crippen molar-refractivity contribution < 1.29 is 9.53 Å². The fourth-order valence-corrected chi connectivity index (χ4v) is 2.40. The molecule has 104 valence electrons. The predicted molar refractivity (Wildman–Crippen MR) is 75.7 cm³/mol. The maximum Gasteiger partial charge on any atom is 0.307 e. The van der Waals surface area contributed by atoms with Crippen molar-refractivity contribution in [2.24, 2.45) is 0 Å². The fourth-order valence-electron chi connectivity index (χ4n) is 2.40. The lowest BCUT2D eigenvalue weighted by Gasteiger charge is -2.28. The highest BCUT2D eigenvalue weighted by Crippen LogP contribution is 2.21. The van der Waals surface area contributed by atoms with Gasteiger partial charge in [-0.2, -0.15) is 0 Å². The molecular weight excluding hydrogens is 240 g/mol. The van der Waals surface area contributed by atoms with E-state index in [2.05, 4.69) is 11.0 Å². The van der Waals surface area contributed by atoms with Crippen molar-refractivity contribution in [2.75, 3.05) is 18.8 Å². The van der Waals surface area contributed by atoms with Gasteiger partial charge in [0.15, 0.2) is 0 Å². The SMILES string of the molecule is CC(C)OC(=O)CCN1CCc2ccc(N)cc2C1. The summed E-state index contributed by atoms with van der Waals surface area (Å²) < 4.78 is 5.14. The summed E-state index contributed by atoms with van der Waals surface area (Å²) in [5, 5.41) is 0. The zero-order valence-electron chi connectivity index (χ0n) is 11.7. The standard InChI is InChI=1S/C15H22N2O2/c1-11(2)19-15(18)6-8-17-7-5-12-3-4-14(16)9-13(12)10-17/h3-4,9,11H,5-8,10,16H2,1-2H3. The molecule has 1 aromatic carbocycles. The Balaban J connectivity index is 1.86. The lowest BCUT2D eigenvalue weighted by atomic mass is 9.99. The maximum absolute atomic E-state index is 11.5. The summed E-state index contributed by atoms with van der Waals surface area (Å²) in [7, 11) is 0. The third kappa shape index (κ3) is 3.96. The van der Waals surface area contributed by atoms with Gasteiger partial charge >= 0.3 is 5.97 Å². The van der Waals surface area contributed by atoms with E-state index < -0.39 is 0 Å². The average Bonchev–Trinajstić information content (AvgIpc) is 2.35. The molecule has 0 saturated heterocycles. The number of ether oxygens (including phenoxy) is 1. The fraction of sp³-hybridized carbons (Fsp3) is 0.533. The van der Waals surface area contributed by atoms with Gasteiger partial charge in [0.2, 0.25) is 0 Å². The molecule has 1 aliphatic rings. The number of rotatable bonds is 4. The number of nitrogen functional groups attached to an aromatic ring is 1. The molecule has 0 fully saturated rings. The first-order chi connectivity index (χ1) is 9.04. The molecule has 0 aliphatic carbocycles. The molecule has 1 aliphatic heterocycles. The number of hydrogen-bond donors (Lipinski definition) is 1. The van der Waals surface area contributed by atoms with Crippen LogP contribution in [0.4, 0.5) is 5.69 Å². The van der Waals surface area contributed by atoms with Crippen LogP contribution < -0.4 is 5.73 Å². The first-order valence-electron chi connectivity index (χ1n) is 6.83. The van der Waals surface area contributed by atoms with Crippen molar-refractivity contribution in [1.29, 1.82) is 0 Å². The molecule has 0 saturated carbocycles. The Labute approximate surface area is 114 Å². The van der Waals surface area contributed by atoms with Crippen LogP contribution in [0.1, 0.15) is 31.4 Å². The number of nitrogens with zero attached hydrogens (tertiary/aromatic N) is 1. The van der Waals surface area contributed by atoms with Gasteiger partial charge in [-0.1, -0.05) is 6.07 Å². The van der Waals surface area contributed by atoms with Crippen molar-refractivity contribution in [1.82, 2.24) is 4.90 Å². The molecule has 0 bridgehead atoms. The molecule has 1 aromatic rings. The molecule has 0 spiro atoms. The minimum absolute atomic E-state index is 0.0330. The van der Waals surface area contributed by atoms with Gasteiger partial charge in [0.1, 0.15) is 0 Å². The molecule has 2 rings (SSSR count). The summed E-state index contributed by atoms with van der Waals surface area (Å²) in [5.74, 6) is -0.117. The Hall–Kier alpha value is -1.55. The third-order valence-electron chi connectivity index (χ3n) is 3.32. The summed E-state index contributed by atoms with van der Waals surface area (Å²) in [5.41, 5.74) is 9.27. The van der Waals surface area contributed by atoms with Crippen LogP contribution in [0.25, 0.3) is 0 Å². The molecule has 4 nitrogen and oxygen atoms in total. The summed E-state index contributed by atoms with van der Waals surface area (Å²) >= 11 is 0. The summed E-state index contributed by atoms with van der Waals surface area (Å²) in [6, 6.07) is 6.09. The smallest absolute Gasteiger partial charge is 0.307 e. The predicted octanol–water partition coefficient (Wildman–Crippen LogP) is 1.97. The minimum atomic E-state index is -0.117. The Bertz CT molecular complexity index is 457. The number of benzene rings is 1. The van der Waals surface area contributed by atoms with E-state index in [1.165, 1.54) is 11.1 Å². The summed E-state index contributed by atoms with van der Waals surface area (Å²) in [6.45, 7) is 6.36. The Kier molecular flexibility index (Phi) is 4.43. The van der Waals surface area contributed by atoms with E-state index in [0.717, 1.165) is 31.7 Å². The van der Waals surface area contributed by atoms with Crippen LogP contribution in [0.3, 0.4) is 0 Å². The Morgan fingerprint density at radius 3 is 2.95 bits per heavy atom. The Morgan fingerprint density at radius 1 is 1.42 bits per heavy atom. The molecule has 4 heteroatoms. The second kappa shape index (κ2) is 6.06. The zero-order valence-corrected chi connectivity index (χ0v) is 11.7. The molecular formula is C15H22N2O2. The quantitative estimate of drug-likeness (QED) is 0.666. The summed E-state index contributed by atoms with van der Waals surface area (Å²) in [6.07, 6.45) is 1.44. The first kappa shape index (κ1) is 13.9. The van der Waals surface area contributed by atoms with Gasteiger partial charge in [-0.15, -0.1) is 0 Å². The van der Waals surface area contributed by atoms with Gasteiger partial charge in [-0.25, -0.2) is 0 Å². The minimum Gasteiger partial charge on any atom is -0.463 e. The van der Waals surface area contributed by atoms with Crippen molar-refractivity contribution in [3.63, 3.8) is 0 Å². The molecule has 0 amide bonds. The number of anilines is 1. The highest BCUT2D eigenvalue weighted by Gasteiger charge is 2.17. The number of fused-ring (bicyclic) bond motifs is 1. The maximum atomic E-state index is 11.5. The first-order valence-corrected chi connectivity index (χ1v) is 6.83. The Morgan fingerprint density at radius 2 is 2.21 bits per heavy atom. The van der Waals surface area contributed by atoms with Crippen molar-refractivity contribution >= 4 is 11.7 Å². The number of hydrogen-bond acceptors (Lipinski definition) is 4. The molecule has 19 heavy (non-hydrogen) atoms. The topological polar surface area (TPSA) is 55.6 Å². The molecule has 2 N–H and O–H groups in total. The van der Waals surface area contributed by atoms with Gasteiger partial charge in [0, 0.05) is 25.3 Å². The van der Waals surface area contributed by atoms with Gasteiger partial charge in [-0.3, -0.25) is 9.69 Å². The lowest BCUT2D eigenvalue weighted by Crippen LogP contribution is -2.32. The largest absolute Gasteiger partial charge is 0.463 e. The van der Waals surface area contributed by atoms with E-state index in [9.17, 15) is 4.79 Å². The van der Waals surface area contributed by atoms with E-state index in [1.807, 2.05) is 26.0 Å². The van der Waals surface area contributed by atoms with Gasteiger partial charge in [-0.05, 0) is 43.5 Å². The molecule has 0 aromatic heterocycles. The van der Waals surface area contributed by atoms with Gasteiger partial charge < -0.3 is 10.5 Å². The average molecular weight is 262 g/mol. The van der Waals surface area contributed by atoms with Crippen molar-refractivity contribution in [3.05, 3.63) is 29.3 Å². The van der Waals surface area contributed by atoms with E-state index in [0.29, 0.717) is 6.42 Å². The van der Waals surface area contributed by atoms with Crippen LogP contribution in [0.15, 0.2) is 18.2 Å². The van der Waals surface area contributed by atoms with Crippen LogP contribution in [0.2, 0.25) is 0 Å². The normalized spacial score (nSPS) is 15.3. The summed E-state index contributed by atoms with van der Waals surface area (Å²) in [4.78, 5) is 13.8. The van der Waals surface area contributed by atoms with E-state index in [4.69, 9.17) is 10.5 Å². The third-order valence-corrected chi connectivity index (χ3v) is 3.32. The van der Waals surface area contributed by atoms with Crippen LogP contribution in [0, 0.1) is 0 Å². The van der Waals surface area contributed by atoms with Crippen molar-refractivity contribution in [3.8, 4) is 0 Å². The monoisotopic (exact) mass is 262 g/mol. The van der Waals surface area contributed by atoms with E-state index >= 15 is 0 Å². The number of carbonyl (C=O) groups excluding carboxylic acids is 1. The van der Waals surface area contributed by atoms with Crippen LogP contribution in [-0.4, -0.2) is 30.1 Å². The van der Waals surface area contributed by atoms with E-state index in [1.54, 1.807) is 0 Å². The van der Waals surface area contributed by atoms with Crippen LogP contribution in [-0.2, 0) is 22.5 Å². The second-order valence-electron chi connectivity index (χ2n) is 5.34. The second-order valence-corrected chi connectivity index (χ2v) is 5.34. The van der Waals surface area contributed by atoms with Crippen LogP contribution in [0.5, 0.6) is 0 Å². The number of carbonyl (C=O) groups is 1. The molecule has 0 unspecified atom stereocenters. The molecule has 0 atom stereocenters. The highest BCUT2D eigenvalue weighted by atomic mass is 16.5.